The number of aromatic nitrogens is 2. The third-order valence-electron chi connectivity index (χ3n) is 4.46. The van der Waals surface area contributed by atoms with Gasteiger partial charge in [0, 0.05) is 42.7 Å². The van der Waals surface area contributed by atoms with Crippen LogP contribution in [0.1, 0.15) is 25.3 Å². The summed E-state index contributed by atoms with van der Waals surface area (Å²) < 4.78 is 0. The number of hydrogen-bond donors (Lipinski definition) is 2. The molecule has 0 amide bonds. The van der Waals surface area contributed by atoms with E-state index in [1.54, 1.807) is 11.8 Å². The van der Waals surface area contributed by atoms with Crippen LogP contribution in [0.25, 0.3) is 11.0 Å². The number of hydrogen-bond acceptors (Lipinski definition) is 5. The summed E-state index contributed by atoms with van der Waals surface area (Å²) in [6.45, 7) is 5.69. The monoisotopic (exact) mass is 344 g/mol. The molecule has 0 spiro atoms. The summed E-state index contributed by atoms with van der Waals surface area (Å²) in [4.78, 5) is 23.1. The lowest BCUT2D eigenvalue weighted by Crippen LogP contribution is -2.25. The number of H-pyrrole nitrogens is 1. The van der Waals surface area contributed by atoms with Gasteiger partial charge in [0.25, 0.3) is 0 Å². The Labute approximate surface area is 146 Å². The molecule has 5 nitrogen and oxygen atoms in total. The van der Waals surface area contributed by atoms with Crippen LogP contribution in [0.4, 0.5) is 5.69 Å². The third kappa shape index (κ3) is 3.49. The van der Waals surface area contributed by atoms with E-state index in [2.05, 4.69) is 28.7 Å². The highest BCUT2D eigenvalue weighted by Gasteiger charge is 2.20. The Morgan fingerprint density at radius 1 is 1.54 bits per heavy atom. The summed E-state index contributed by atoms with van der Waals surface area (Å²) in [6.07, 6.45) is 7.21. The highest BCUT2D eigenvalue weighted by atomic mass is 32.2. The second kappa shape index (κ2) is 7.40. The smallest absolute Gasteiger partial charge is 0.170 e. The van der Waals surface area contributed by atoms with Crippen LogP contribution in [0.3, 0.4) is 0 Å². The first-order chi connectivity index (χ1) is 11.6. The van der Waals surface area contributed by atoms with Crippen molar-refractivity contribution in [3.8, 4) is 0 Å². The number of nitrogens with zero attached hydrogens (tertiary/aromatic N) is 2. The van der Waals surface area contributed by atoms with E-state index in [1.165, 1.54) is 5.56 Å². The van der Waals surface area contributed by atoms with Crippen molar-refractivity contribution in [3.63, 3.8) is 0 Å². The Kier molecular flexibility index (Phi) is 5.26. The van der Waals surface area contributed by atoms with Gasteiger partial charge in [0.2, 0.25) is 0 Å². The van der Waals surface area contributed by atoms with Gasteiger partial charge in [-0.15, -0.1) is 11.8 Å². The number of Topliss-reactive ketones (excluding diaryl/α,β-unsaturated/α-hetero) is 1. The summed E-state index contributed by atoms with van der Waals surface area (Å²) >= 11 is 1.66. The number of thioether (sulfide) groups is 1. The number of carbonyl (C=O) groups excluding carboxylic acids is 1. The molecule has 2 aromatic heterocycles. The van der Waals surface area contributed by atoms with Crippen LogP contribution < -0.4 is 10.6 Å². The maximum absolute atomic E-state index is 12.5. The van der Waals surface area contributed by atoms with E-state index in [4.69, 9.17) is 5.73 Å². The van der Waals surface area contributed by atoms with Crippen LogP contribution in [0.15, 0.2) is 29.6 Å². The predicted molar refractivity (Wildman–Crippen MR) is 101 cm³/mol. The van der Waals surface area contributed by atoms with Crippen LogP contribution in [0.2, 0.25) is 0 Å². The molecule has 3 rings (SSSR count). The van der Waals surface area contributed by atoms with Crippen LogP contribution in [0, 0.1) is 12.8 Å². The summed E-state index contributed by atoms with van der Waals surface area (Å²) in [6, 6.07) is 2.02. The van der Waals surface area contributed by atoms with Gasteiger partial charge in [-0.3, -0.25) is 4.79 Å². The minimum Gasteiger partial charge on any atom is -0.346 e. The van der Waals surface area contributed by atoms with Gasteiger partial charge in [-0.05, 0) is 37.4 Å². The number of rotatable bonds is 6. The van der Waals surface area contributed by atoms with E-state index in [9.17, 15) is 4.79 Å². The zero-order chi connectivity index (χ0) is 17.1. The van der Waals surface area contributed by atoms with Crippen LogP contribution >= 0.6 is 11.8 Å². The van der Waals surface area contributed by atoms with Crippen molar-refractivity contribution in [2.75, 3.05) is 23.7 Å². The van der Waals surface area contributed by atoms with E-state index in [-0.39, 0.29) is 5.78 Å². The zero-order valence-corrected chi connectivity index (χ0v) is 15.0. The first kappa shape index (κ1) is 17.0. The number of carbonyl (C=O) groups is 1. The topological polar surface area (TPSA) is 75.0 Å². The molecule has 0 radical (unpaired) electrons. The van der Waals surface area contributed by atoms with E-state index >= 15 is 0 Å². The molecule has 0 bridgehead atoms. The number of allylic oxidation sites excluding steroid dienone is 1. The Morgan fingerprint density at radius 3 is 3.17 bits per heavy atom. The largest absolute Gasteiger partial charge is 0.346 e. The average Bonchev–Trinajstić information content (AvgIpc) is 3.00. The quantitative estimate of drug-likeness (QED) is 0.841. The third-order valence-corrected chi connectivity index (χ3v) is 5.49. The van der Waals surface area contributed by atoms with Gasteiger partial charge in [0.1, 0.15) is 5.65 Å². The van der Waals surface area contributed by atoms with Gasteiger partial charge in [0.05, 0.1) is 10.6 Å². The second-order valence-corrected chi connectivity index (χ2v) is 7.50. The number of fused-ring (bicyclic) bond motifs is 1. The van der Waals surface area contributed by atoms with Crippen LogP contribution in [-0.2, 0) is 4.79 Å². The van der Waals surface area contributed by atoms with Crippen molar-refractivity contribution >= 4 is 34.3 Å². The molecule has 1 aliphatic heterocycles. The Balaban J connectivity index is 1.83. The van der Waals surface area contributed by atoms with Crippen molar-refractivity contribution in [1.82, 2.24) is 9.97 Å². The molecule has 128 valence electrons. The molecular formula is C18H24N4OS. The van der Waals surface area contributed by atoms with Crippen molar-refractivity contribution < 1.29 is 4.79 Å². The van der Waals surface area contributed by atoms with Crippen molar-refractivity contribution in [3.05, 3.63) is 35.1 Å². The van der Waals surface area contributed by atoms with Gasteiger partial charge in [0.15, 0.2) is 5.78 Å². The maximum atomic E-state index is 12.5. The lowest BCUT2D eigenvalue weighted by molar-refractivity contribution is -0.115. The lowest BCUT2D eigenvalue weighted by atomic mass is 10.0. The Hall–Kier alpha value is -1.79. The fourth-order valence-electron chi connectivity index (χ4n) is 2.90. The predicted octanol–water partition coefficient (Wildman–Crippen LogP) is 3.21. The number of aryl methyl sites for hydroxylation is 1. The number of pyridine rings is 1. The molecule has 6 heteroatoms. The molecule has 2 aromatic rings. The summed E-state index contributed by atoms with van der Waals surface area (Å²) in [5.41, 5.74) is 8.81. The highest BCUT2D eigenvalue weighted by molar-refractivity contribution is 8.04. The normalized spacial score (nSPS) is 16.3. The number of nitrogens with two attached hydrogens (primary N) is 1. The highest BCUT2D eigenvalue weighted by Crippen LogP contribution is 2.33. The minimum absolute atomic E-state index is 0.223. The Bertz CT molecular complexity index is 767. The first-order valence-electron chi connectivity index (χ1n) is 8.37. The van der Waals surface area contributed by atoms with Crippen LogP contribution in [-0.4, -0.2) is 34.6 Å². The van der Waals surface area contributed by atoms with Crippen molar-refractivity contribution in [2.45, 2.75) is 26.7 Å². The molecule has 1 aliphatic rings. The molecule has 1 atom stereocenters. The maximum Gasteiger partial charge on any atom is 0.170 e. The Morgan fingerprint density at radius 2 is 2.38 bits per heavy atom. The number of ketones is 1. The summed E-state index contributed by atoms with van der Waals surface area (Å²) in [7, 11) is 0. The molecule has 3 N–H and O–H groups in total. The lowest BCUT2D eigenvalue weighted by Gasteiger charge is -2.27. The molecule has 0 saturated carbocycles. The van der Waals surface area contributed by atoms with E-state index in [0.717, 1.165) is 40.3 Å². The van der Waals surface area contributed by atoms with Gasteiger partial charge >= 0.3 is 0 Å². The number of aromatic amines is 1. The number of anilines is 1. The molecule has 0 unspecified atom stereocenters. The second-order valence-electron chi connectivity index (χ2n) is 6.36. The molecule has 0 fully saturated rings. The average molecular weight is 344 g/mol. The molecule has 0 aliphatic carbocycles. The summed E-state index contributed by atoms with van der Waals surface area (Å²) in [5.74, 6) is 1.53. The number of nitrogens with one attached hydrogen (secondary N) is 1. The van der Waals surface area contributed by atoms with Crippen molar-refractivity contribution in [2.24, 2.45) is 11.7 Å². The fraction of sp³-hybridized carbons (Fsp3) is 0.444. The van der Waals surface area contributed by atoms with Crippen molar-refractivity contribution in [1.29, 1.82) is 0 Å². The zero-order valence-electron chi connectivity index (χ0n) is 14.2. The fourth-order valence-corrected chi connectivity index (χ4v) is 3.87. The van der Waals surface area contributed by atoms with E-state index < -0.39 is 0 Å². The van der Waals surface area contributed by atoms with Gasteiger partial charge < -0.3 is 15.6 Å². The molecule has 24 heavy (non-hydrogen) atoms. The van der Waals surface area contributed by atoms with Gasteiger partial charge in [-0.25, -0.2) is 4.98 Å². The molecule has 3 heterocycles. The van der Waals surface area contributed by atoms with E-state index in [1.807, 2.05) is 24.7 Å². The minimum atomic E-state index is 0.223. The standard InChI is InChI=1S/C18H24N4OS/c1-12(9-19)3-4-15(23)16-11-22(7-8-24-16)14-5-6-20-18-17(14)13(2)10-21-18/h5-6,10-12H,3-4,7-9,19H2,1-2H3,(H,20,21)/t12-/m0/s1. The van der Waals surface area contributed by atoms with Crippen LogP contribution in [0.5, 0.6) is 0 Å². The molecular weight excluding hydrogens is 320 g/mol. The first-order valence-corrected chi connectivity index (χ1v) is 9.36. The molecule has 0 aromatic carbocycles. The SMILES string of the molecule is Cc1c[nH]c2nccc(N3C=C(C(=O)CC[C@H](C)CN)SCC3)c12. The van der Waals surface area contributed by atoms with Gasteiger partial charge in [-0.2, -0.15) is 0 Å². The van der Waals surface area contributed by atoms with Gasteiger partial charge in [-0.1, -0.05) is 6.92 Å². The van der Waals surface area contributed by atoms with E-state index in [0.29, 0.717) is 18.9 Å². The molecule has 0 saturated heterocycles. The summed E-state index contributed by atoms with van der Waals surface area (Å²) in [5, 5.41) is 1.13.